The second-order valence-electron chi connectivity index (χ2n) is 4.35. The van der Waals surface area contributed by atoms with Crippen molar-refractivity contribution in [3.8, 4) is 0 Å². The fourth-order valence-corrected chi connectivity index (χ4v) is 2.04. The van der Waals surface area contributed by atoms with E-state index < -0.39 is 0 Å². The molecular weight excluding hydrogens is 249 g/mol. The van der Waals surface area contributed by atoms with Crippen molar-refractivity contribution in [1.29, 1.82) is 0 Å². The summed E-state index contributed by atoms with van der Waals surface area (Å²) in [6.45, 7) is 2.03. The van der Waals surface area contributed by atoms with Gasteiger partial charge in [0.2, 0.25) is 0 Å². The Morgan fingerprint density at radius 2 is 1.89 bits per heavy atom. The quantitative estimate of drug-likeness (QED) is 0.729. The van der Waals surface area contributed by atoms with E-state index in [-0.39, 0.29) is 5.82 Å². The van der Waals surface area contributed by atoms with Gasteiger partial charge in [0, 0.05) is 24.3 Å². The van der Waals surface area contributed by atoms with Gasteiger partial charge in [0.25, 0.3) is 0 Å². The number of hydrogen-bond acceptors (Lipinski definition) is 1. The van der Waals surface area contributed by atoms with Crippen LogP contribution in [0.5, 0.6) is 0 Å². The molecule has 0 unspecified atom stereocenters. The Balaban J connectivity index is 2.39. The van der Waals surface area contributed by atoms with Gasteiger partial charge in [0.1, 0.15) is 5.82 Å². The fourth-order valence-electron chi connectivity index (χ4n) is 1.89. The molecule has 0 amide bonds. The van der Waals surface area contributed by atoms with Crippen LogP contribution in [0.25, 0.3) is 0 Å². The first-order valence-corrected chi connectivity index (χ1v) is 6.29. The van der Waals surface area contributed by atoms with E-state index >= 15 is 0 Å². The van der Waals surface area contributed by atoms with Crippen LogP contribution in [-0.2, 0) is 5.88 Å². The van der Waals surface area contributed by atoms with E-state index in [1.165, 1.54) is 17.7 Å². The van der Waals surface area contributed by atoms with E-state index in [0.29, 0.717) is 5.88 Å². The molecule has 2 aromatic rings. The molecule has 18 heavy (non-hydrogen) atoms. The molecule has 0 radical (unpaired) electrons. The third kappa shape index (κ3) is 2.82. The molecule has 1 nitrogen and oxygen atoms in total. The van der Waals surface area contributed by atoms with Gasteiger partial charge >= 0.3 is 0 Å². The summed E-state index contributed by atoms with van der Waals surface area (Å²) in [6, 6.07) is 13.0. The van der Waals surface area contributed by atoms with Crippen molar-refractivity contribution in [3.05, 3.63) is 59.4 Å². The SMILES string of the molecule is Cc1cccc(N(C)c2cc(F)cc(CCl)c2)c1. The van der Waals surface area contributed by atoms with Crippen molar-refractivity contribution in [3.63, 3.8) is 0 Å². The van der Waals surface area contributed by atoms with Crippen molar-refractivity contribution < 1.29 is 4.39 Å². The highest BCUT2D eigenvalue weighted by Crippen LogP contribution is 2.26. The summed E-state index contributed by atoms with van der Waals surface area (Å²) in [4.78, 5) is 1.95. The highest BCUT2D eigenvalue weighted by molar-refractivity contribution is 6.17. The standard InChI is InChI=1S/C15H15ClFN/c1-11-4-3-5-14(6-11)18(2)15-8-12(10-16)7-13(17)9-15/h3-9H,10H2,1-2H3. The van der Waals surface area contributed by atoms with Crippen LogP contribution < -0.4 is 4.90 Å². The van der Waals surface area contributed by atoms with Gasteiger partial charge in [-0.25, -0.2) is 4.39 Å². The zero-order chi connectivity index (χ0) is 13.1. The fraction of sp³-hybridized carbons (Fsp3) is 0.200. The lowest BCUT2D eigenvalue weighted by Crippen LogP contribution is -2.10. The molecule has 0 saturated carbocycles. The maximum atomic E-state index is 13.5. The molecule has 0 aliphatic rings. The summed E-state index contributed by atoms with van der Waals surface area (Å²) in [6.07, 6.45) is 0. The summed E-state index contributed by atoms with van der Waals surface area (Å²) in [5.41, 5.74) is 3.79. The minimum Gasteiger partial charge on any atom is -0.345 e. The first-order chi connectivity index (χ1) is 8.60. The lowest BCUT2D eigenvalue weighted by atomic mass is 10.1. The van der Waals surface area contributed by atoms with Gasteiger partial charge in [-0.2, -0.15) is 0 Å². The summed E-state index contributed by atoms with van der Waals surface area (Å²) in [5.74, 6) is 0.0505. The van der Waals surface area contributed by atoms with Crippen LogP contribution in [0.3, 0.4) is 0 Å². The molecule has 0 spiro atoms. The van der Waals surface area contributed by atoms with Crippen LogP contribution >= 0.6 is 11.6 Å². The highest BCUT2D eigenvalue weighted by atomic mass is 35.5. The maximum Gasteiger partial charge on any atom is 0.125 e. The monoisotopic (exact) mass is 263 g/mol. The Kier molecular flexibility index (Phi) is 3.87. The summed E-state index contributed by atoms with van der Waals surface area (Å²) in [5, 5.41) is 0. The van der Waals surface area contributed by atoms with Crippen molar-refractivity contribution in [1.82, 2.24) is 0 Å². The molecule has 0 aliphatic carbocycles. The number of benzene rings is 2. The topological polar surface area (TPSA) is 3.24 Å². The van der Waals surface area contributed by atoms with Gasteiger partial charge < -0.3 is 4.90 Å². The minimum absolute atomic E-state index is 0.261. The van der Waals surface area contributed by atoms with E-state index in [1.807, 2.05) is 43.1 Å². The number of aryl methyl sites for hydroxylation is 1. The number of rotatable bonds is 3. The smallest absolute Gasteiger partial charge is 0.125 e. The van der Waals surface area contributed by atoms with Gasteiger partial charge in [-0.3, -0.25) is 0 Å². The largest absolute Gasteiger partial charge is 0.345 e. The van der Waals surface area contributed by atoms with Gasteiger partial charge in [-0.1, -0.05) is 12.1 Å². The van der Waals surface area contributed by atoms with Crippen LogP contribution in [0, 0.1) is 12.7 Å². The second kappa shape index (κ2) is 5.40. The molecule has 0 saturated heterocycles. The van der Waals surface area contributed by atoms with Gasteiger partial charge in [-0.05, 0) is 48.4 Å². The Morgan fingerprint density at radius 3 is 2.56 bits per heavy atom. The molecule has 0 bridgehead atoms. The van der Waals surface area contributed by atoms with Gasteiger partial charge in [0.05, 0.1) is 0 Å². The normalized spacial score (nSPS) is 10.4. The van der Waals surface area contributed by atoms with E-state index in [4.69, 9.17) is 11.6 Å². The van der Waals surface area contributed by atoms with E-state index in [1.54, 1.807) is 0 Å². The molecule has 0 atom stereocenters. The zero-order valence-corrected chi connectivity index (χ0v) is 11.2. The van der Waals surface area contributed by atoms with Gasteiger partial charge in [0.15, 0.2) is 0 Å². The molecule has 0 aromatic heterocycles. The van der Waals surface area contributed by atoms with Crippen LogP contribution in [0.1, 0.15) is 11.1 Å². The Morgan fingerprint density at radius 1 is 1.11 bits per heavy atom. The molecular formula is C15H15ClFN. The third-order valence-electron chi connectivity index (χ3n) is 2.87. The average Bonchev–Trinajstić information content (AvgIpc) is 2.37. The predicted octanol–water partition coefficient (Wildman–Crippen LogP) is 4.64. The maximum absolute atomic E-state index is 13.5. The van der Waals surface area contributed by atoms with Crippen molar-refractivity contribution >= 4 is 23.0 Å². The number of halogens is 2. The van der Waals surface area contributed by atoms with Crippen LogP contribution in [0.4, 0.5) is 15.8 Å². The summed E-state index contributed by atoms with van der Waals surface area (Å²) >= 11 is 5.76. The number of anilines is 2. The second-order valence-corrected chi connectivity index (χ2v) is 4.62. The van der Waals surface area contributed by atoms with E-state index in [9.17, 15) is 4.39 Å². The lowest BCUT2D eigenvalue weighted by molar-refractivity contribution is 0.626. The Hall–Kier alpha value is -1.54. The molecule has 0 fully saturated rings. The van der Waals surface area contributed by atoms with E-state index in [0.717, 1.165) is 16.9 Å². The summed E-state index contributed by atoms with van der Waals surface area (Å²) in [7, 11) is 1.92. The van der Waals surface area contributed by atoms with Crippen molar-refractivity contribution in [2.45, 2.75) is 12.8 Å². The van der Waals surface area contributed by atoms with Gasteiger partial charge in [-0.15, -0.1) is 11.6 Å². The average molecular weight is 264 g/mol. The first-order valence-electron chi connectivity index (χ1n) is 5.76. The van der Waals surface area contributed by atoms with Crippen LogP contribution in [0.15, 0.2) is 42.5 Å². The Labute approximate surface area is 112 Å². The Bertz CT molecular complexity index is 554. The zero-order valence-electron chi connectivity index (χ0n) is 10.5. The molecule has 94 valence electrons. The van der Waals surface area contributed by atoms with Crippen LogP contribution in [-0.4, -0.2) is 7.05 Å². The molecule has 3 heteroatoms. The summed E-state index contributed by atoms with van der Waals surface area (Å²) < 4.78 is 13.5. The first kappa shape index (κ1) is 12.9. The lowest BCUT2D eigenvalue weighted by Gasteiger charge is -2.20. The predicted molar refractivity (Wildman–Crippen MR) is 75.2 cm³/mol. The highest BCUT2D eigenvalue weighted by Gasteiger charge is 2.07. The third-order valence-corrected chi connectivity index (χ3v) is 3.18. The number of nitrogens with zero attached hydrogens (tertiary/aromatic N) is 1. The molecule has 0 N–H and O–H groups in total. The van der Waals surface area contributed by atoms with Crippen LogP contribution in [0.2, 0.25) is 0 Å². The van der Waals surface area contributed by atoms with E-state index in [2.05, 4.69) is 6.07 Å². The molecule has 0 aliphatic heterocycles. The number of alkyl halides is 1. The molecule has 0 heterocycles. The molecule has 2 aromatic carbocycles. The number of hydrogen-bond donors (Lipinski definition) is 0. The van der Waals surface area contributed by atoms with Crippen molar-refractivity contribution in [2.24, 2.45) is 0 Å². The van der Waals surface area contributed by atoms with Crippen molar-refractivity contribution in [2.75, 3.05) is 11.9 Å². The molecule has 2 rings (SSSR count). The minimum atomic E-state index is -0.261.